The maximum atomic E-state index is 6.41. The molecule has 0 bridgehead atoms. The summed E-state index contributed by atoms with van der Waals surface area (Å²) >= 11 is 0. The number of fused-ring (bicyclic) bond motifs is 1. The van der Waals surface area contributed by atoms with Crippen LogP contribution in [0.25, 0.3) is 11.0 Å². The van der Waals surface area contributed by atoms with Gasteiger partial charge in [0.05, 0.1) is 11.5 Å². The summed E-state index contributed by atoms with van der Waals surface area (Å²) in [6.07, 6.45) is 11.3. The van der Waals surface area contributed by atoms with Gasteiger partial charge in [0.1, 0.15) is 24.0 Å². The maximum Gasteiger partial charge on any atom is 0.147 e. The molecule has 3 atom stereocenters. The van der Waals surface area contributed by atoms with Crippen molar-refractivity contribution in [1.82, 2.24) is 24.8 Å². The lowest BCUT2D eigenvalue weighted by atomic mass is 9.87. The molecule has 2 aromatic rings. The van der Waals surface area contributed by atoms with Crippen molar-refractivity contribution < 1.29 is 4.74 Å². The van der Waals surface area contributed by atoms with E-state index >= 15 is 0 Å². The van der Waals surface area contributed by atoms with Gasteiger partial charge < -0.3 is 20.4 Å². The normalized spacial score (nSPS) is 32.8. The highest BCUT2D eigenvalue weighted by molar-refractivity contribution is 5.86. The third kappa shape index (κ3) is 2.88. The molecule has 0 aromatic carbocycles. The highest BCUT2D eigenvalue weighted by Crippen LogP contribution is 2.34. The fourth-order valence-corrected chi connectivity index (χ4v) is 5.14. The van der Waals surface area contributed by atoms with E-state index in [1.807, 2.05) is 12.3 Å². The molecule has 3 aliphatic rings. The van der Waals surface area contributed by atoms with Crippen molar-refractivity contribution in [1.29, 1.82) is 0 Å². The molecule has 2 aromatic heterocycles. The zero-order valence-electron chi connectivity index (χ0n) is 15.2. The molecule has 0 saturated carbocycles. The maximum absolute atomic E-state index is 6.41. The Hall–Kier alpha value is -1.70. The Morgan fingerprint density at radius 3 is 3.08 bits per heavy atom. The van der Waals surface area contributed by atoms with Gasteiger partial charge in [-0.15, -0.1) is 0 Å². The summed E-state index contributed by atoms with van der Waals surface area (Å²) in [4.78, 5) is 11.1. The van der Waals surface area contributed by atoms with Crippen molar-refractivity contribution in [3.63, 3.8) is 0 Å². The molecular weight excluding hydrogens is 328 g/mol. The molecule has 3 unspecified atom stereocenters. The monoisotopic (exact) mass is 356 g/mol. The number of hydrogen-bond donors (Lipinski definition) is 2. The second kappa shape index (κ2) is 6.48. The first-order valence-electron chi connectivity index (χ1n) is 9.92. The summed E-state index contributed by atoms with van der Waals surface area (Å²) < 4.78 is 8.52. The number of nitrogens with one attached hydrogen (secondary N) is 1. The number of likely N-dealkylation sites (tertiary alicyclic amines) is 1. The third-order valence-corrected chi connectivity index (χ3v) is 6.39. The number of aromatic nitrogens is 3. The Morgan fingerprint density at radius 2 is 2.19 bits per heavy atom. The summed E-state index contributed by atoms with van der Waals surface area (Å²) in [7, 11) is 0. The molecule has 1 spiro atoms. The summed E-state index contributed by atoms with van der Waals surface area (Å²) in [5.74, 6) is 0.533. The number of nitrogens with zero attached hydrogens (tertiary/aromatic N) is 4. The first-order valence-corrected chi connectivity index (χ1v) is 9.92. The van der Waals surface area contributed by atoms with Gasteiger partial charge in [-0.2, -0.15) is 0 Å². The molecule has 140 valence electrons. The minimum atomic E-state index is 0.0511. The van der Waals surface area contributed by atoms with Gasteiger partial charge in [-0.3, -0.25) is 4.90 Å². The van der Waals surface area contributed by atoms with Crippen LogP contribution >= 0.6 is 0 Å². The van der Waals surface area contributed by atoms with Crippen LogP contribution < -0.4 is 11.1 Å². The fourth-order valence-electron chi connectivity index (χ4n) is 5.14. The standard InChI is InChI=1S/C19H28N6O/c20-17-15-5-10-25(18(15)22-13-21-17)16-4-3-14(26-16)11-24-9-2-7-19(12-24)6-1-8-23-19/h5,10,13-14,16,23H,1-4,6-9,11-12H2,(H2,20,21,22). The lowest BCUT2D eigenvalue weighted by Crippen LogP contribution is -2.55. The van der Waals surface area contributed by atoms with Crippen LogP contribution in [0.4, 0.5) is 5.82 Å². The topological polar surface area (TPSA) is 81.2 Å². The number of nitrogen functional groups attached to an aromatic ring is 1. The molecule has 7 heteroatoms. The van der Waals surface area contributed by atoms with Gasteiger partial charge in [-0.05, 0) is 57.7 Å². The average Bonchev–Trinajstić information content (AvgIpc) is 3.36. The van der Waals surface area contributed by atoms with E-state index in [9.17, 15) is 0 Å². The lowest BCUT2D eigenvalue weighted by Gasteiger charge is -2.41. The number of anilines is 1. The van der Waals surface area contributed by atoms with Gasteiger partial charge in [0, 0.05) is 24.8 Å². The quantitative estimate of drug-likeness (QED) is 0.874. The molecule has 3 aliphatic heterocycles. The molecule has 0 amide bonds. The average molecular weight is 356 g/mol. The van der Waals surface area contributed by atoms with E-state index in [-0.39, 0.29) is 6.23 Å². The van der Waals surface area contributed by atoms with Crippen molar-refractivity contribution in [3.05, 3.63) is 18.6 Å². The Bertz CT molecular complexity index is 783. The Kier molecular flexibility index (Phi) is 4.10. The molecule has 7 nitrogen and oxygen atoms in total. The van der Waals surface area contributed by atoms with Crippen LogP contribution in [0.3, 0.4) is 0 Å². The van der Waals surface area contributed by atoms with Crippen LogP contribution in [-0.4, -0.2) is 57.3 Å². The van der Waals surface area contributed by atoms with Gasteiger partial charge >= 0.3 is 0 Å². The van der Waals surface area contributed by atoms with Crippen molar-refractivity contribution in [2.75, 3.05) is 31.9 Å². The SMILES string of the molecule is Nc1ncnc2c1ccn2C1CCC(CN2CCCC3(CCCN3)C2)O1. The lowest BCUT2D eigenvalue weighted by molar-refractivity contribution is -0.0191. The van der Waals surface area contributed by atoms with Crippen LogP contribution in [0.1, 0.15) is 44.8 Å². The largest absolute Gasteiger partial charge is 0.383 e. The van der Waals surface area contributed by atoms with E-state index in [4.69, 9.17) is 10.5 Å². The second-order valence-corrected chi connectivity index (χ2v) is 8.16. The van der Waals surface area contributed by atoms with E-state index in [0.717, 1.165) is 30.4 Å². The number of piperidine rings is 1. The van der Waals surface area contributed by atoms with E-state index in [1.54, 1.807) is 0 Å². The van der Waals surface area contributed by atoms with Crippen LogP contribution in [0.15, 0.2) is 18.6 Å². The second-order valence-electron chi connectivity index (χ2n) is 8.16. The number of rotatable bonds is 3. The van der Waals surface area contributed by atoms with E-state index < -0.39 is 0 Å². The predicted octanol–water partition coefficient (Wildman–Crippen LogP) is 1.91. The molecule has 3 N–H and O–H groups in total. The molecule has 26 heavy (non-hydrogen) atoms. The van der Waals surface area contributed by atoms with E-state index in [2.05, 4.69) is 24.8 Å². The molecular formula is C19H28N6O. The summed E-state index contributed by atoms with van der Waals surface area (Å²) in [6, 6.07) is 1.99. The Balaban J connectivity index is 1.25. The smallest absolute Gasteiger partial charge is 0.147 e. The van der Waals surface area contributed by atoms with Gasteiger partial charge in [-0.1, -0.05) is 0 Å². The van der Waals surface area contributed by atoms with Gasteiger partial charge in [0.2, 0.25) is 0 Å². The van der Waals surface area contributed by atoms with Crippen molar-refractivity contribution in [2.24, 2.45) is 0 Å². The molecule has 5 heterocycles. The van der Waals surface area contributed by atoms with E-state index in [0.29, 0.717) is 17.5 Å². The van der Waals surface area contributed by atoms with Crippen LogP contribution in [0.2, 0.25) is 0 Å². The highest BCUT2D eigenvalue weighted by Gasteiger charge is 2.39. The van der Waals surface area contributed by atoms with Crippen molar-refractivity contribution in [3.8, 4) is 0 Å². The summed E-state index contributed by atoms with van der Waals surface area (Å²) in [6.45, 7) is 4.59. The van der Waals surface area contributed by atoms with Gasteiger partial charge in [0.25, 0.3) is 0 Å². The minimum Gasteiger partial charge on any atom is -0.383 e. The van der Waals surface area contributed by atoms with Crippen LogP contribution in [0, 0.1) is 0 Å². The first-order chi connectivity index (χ1) is 12.7. The Morgan fingerprint density at radius 1 is 1.27 bits per heavy atom. The van der Waals surface area contributed by atoms with E-state index in [1.165, 1.54) is 51.6 Å². The van der Waals surface area contributed by atoms with Gasteiger partial charge in [0.15, 0.2) is 0 Å². The minimum absolute atomic E-state index is 0.0511. The Labute approximate surface area is 153 Å². The molecule has 3 fully saturated rings. The molecule has 5 rings (SSSR count). The number of hydrogen-bond acceptors (Lipinski definition) is 6. The zero-order chi connectivity index (χ0) is 17.6. The predicted molar refractivity (Wildman–Crippen MR) is 101 cm³/mol. The third-order valence-electron chi connectivity index (χ3n) is 6.39. The van der Waals surface area contributed by atoms with Crippen molar-refractivity contribution in [2.45, 2.75) is 56.4 Å². The van der Waals surface area contributed by atoms with Crippen LogP contribution in [-0.2, 0) is 4.74 Å². The van der Waals surface area contributed by atoms with Gasteiger partial charge in [-0.25, -0.2) is 9.97 Å². The first kappa shape index (κ1) is 16.5. The molecule has 3 saturated heterocycles. The summed E-state index contributed by atoms with van der Waals surface area (Å²) in [5, 5.41) is 4.68. The van der Waals surface area contributed by atoms with Crippen molar-refractivity contribution >= 4 is 16.9 Å². The molecule has 0 radical (unpaired) electrons. The molecule has 0 aliphatic carbocycles. The highest BCUT2D eigenvalue weighted by atomic mass is 16.5. The van der Waals surface area contributed by atoms with Crippen LogP contribution in [0.5, 0.6) is 0 Å². The zero-order valence-corrected chi connectivity index (χ0v) is 15.2. The fraction of sp³-hybridized carbons (Fsp3) is 0.684. The number of nitrogens with two attached hydrogens (primary N) is 1. The number of ether oxygens (including phenoxy) is 1. The summed E-state index contributed by atoms with van der Waals surface area (Å²) in [5.41, 5.74) is 7.21.